The average molecular weight is 462 g/mol. The van der Waals surface area contributed by atoms with E-state index in [0.717, 1.165) is 27.7 Å². The van der Waals surface area contributed by atoms with Gasteiger partial charge in [0.15, 0.2) is 12.5 Å². The van der Waals surface area contributed by atoms with Crippen LogP contribution in [0.3, 0.4) is 0 Å². The van der Waals surface area contributed by atoms with E-state index >= 15 is 0 Å². The van der Waals surface area contributed by atoms with Gasteiger partial charge >= 0.3 is 0 Å². The van der Waals surface area contributed by atoms with Crippen molar-refractivity contribution in [2.75, 3.05) is 20.2 Å². The van der Waals surface area contributed by atoms with Crippen molar-refractivity contribution in [2.45, 2.75) is 39.3 Å². The molecular formula is C25H29N6OS+. The van der Waals surface area contributed by atoms with E-state index < -0.39 is 0 Å². The summed E-state index contributed by atoms with van der Waals surface area (Å²) in [5.74, 6) is 1.83. The number of benzene rings is 2. The van der Waals surface area contributed by atoms with Crippen LogP contribution in [-0.2, 0) is 6.67 Å². The second-order valence-corrected chi connectivity index (χ2v) is 8.47. The lowest BCUT2D eigenvalue weighted by Gasteiger charge is -2.17. The lowest BCUT2D eigenvalue weighted by Crippen LogP contribution is -3.11. The van der Waals surface area contributed by atoms with E-state index in [9.17, 15) is 0 Å². The molecule has 1 heterocycles. The van der Waals surface area contributed by atoms with Crippen molar-refractivity contribution >= 4 is 12.2 Å². The normalized spacial score (nSPS) is 10.9. The van der Waals surface area contributed by atoms with Crippen LogP contribution in [0.15, 0.2) is 48.5 Å². The van der Waals surface area contributed by atoms with Crippen LogP contribution in [0.2, 0.25) is 0 Å². The van der Waals surface area contributed by atoms with Crippen LogP contribution in [0.1, 0.15) is 38.2 Å². The molecule has 0 saturated carbocycles. The number of methoxy groups -OCH3 is 1. The van der Waals surface area contributed by atoms with Crippen LogP contribution < -0.4 is 9.64 Å². The molecule has 1 N–H and O–H groups in total. The molecule has 0 spiro atoms. The van der Waals surface area contributed by atoms with Crippen molar-refractivity contribution in [3.63, 3.8) is 0 Å². The number of rotatable bonds is 10. The highest BCUT2D eigenvalue weighted by atomic mass is 32.1. The molecule has 0 aliphatic rings. The van der Waals surface area contributed by atoms with E-state index in [-0.39, 0.29) is 0 Å². The highest BCUT2D eigenvalue weighted by Gasteiger charge is 2.20. The first-order chi connectivity index (χ1) is 16.0. The van der Waals surface area contributed by atoms with E-state index in [1.54, 1.807) is 7.11 Å². The Kier molecular flexibility index (Phi) is 8.37. The zero-order valence-corrected chi connectivity index (χ0v) is 20.1. The Morgan fingerprint density at radius 1 is 1.03 bits per heavy atom. The number of ether oxygens (including phenoxy) is 1. The number of hydrogen-bond donors (Lipinski definition) is 1. The van der Waals surface area contributed by atoms with Gasteiger partial charge in [0.2, 0.25) is 4.77 Å². The van der Waals surface area contributed by atoms with Crippen LogP contribution in [0, 0.1) is 27.4 Å². The molecule has 1 aromatic heterocycles. The average Bonchev–Trinajstić information content (AvgIpc) is 3.16. The molecule has 0 aliphatic heterocycles. The van der Waals surface area contributed by atoms with Gasteiger partial charge in [-0.2, -0.15) is 15.2 Å². The van der Waals surface area contributed by atoms with Crippen LogP contribution in [0.25, 0.3) is 17.1 Å². The molecule has 0 fully saturated rings. The molecule has 0 unspecified atom stereocenters. The maximum absolute atomic E-state index is 9.05. The summed E-state index contributed by atoms with van der Waals surface area (Å²) in [4.78, 5) is 1.09. The largest absolute Gasteiger partial charge is 0.497 e. The minimum Gasteiger partial charge on any atom is -0.497 e. The van der Waals surface area contributed by atoms with Crippen molar-refractivity contribution in [3.05, 3.63) is 58.9 Å². The smallest absolute Gasteiger partial charge is 0.207 e. The fraction of sp³-hybridized carbons (Fsp3) is 0.360. The Hall–Kier alpha value is -3.46. The van der Waals surface area contributed by atoms with Gasteiger partial charge in [-0.25, -0.2) is 0 Å². The van der Waals surface area contributed by atoms with Crippen molar-refractivity contribution in [1.82, 2.24) is 14.3 Å². The first kappa shape index (κ1) is 24.2. The van der Waals surface area contributed by atoms with Gasteiger partial charge < -0.3 is 9.64 Å². The number of quaternary nitrogens is 1. The fourth-order valence-electron chi connectivity index (χ4n) is 3.79. The molecule has 3 aromatic rings. The second-order valence-electron chi connectivity index (χ2n) is 8.11. The highest BCUT2D eigenvalue weighted by Crippen LogP contribution is 2.29. The summed E-state index contributed by atoms with van der Waals surface area (Å²) in [7, 11) is 1.64. The Morgan fingerprint density at radius 3 is 2.24 bits per heavy atom. The Balaban J connectivity index is 2.14. The van der Waals surface area contributed by atoms with Gasteiger partial charge in [0, 0.05) is 5.56 Å². The van der Waals surface area contributed by atoms with Crippen LogP contribution >= 0.6 is 12.2 Å². The molecule has 0 bridgehead atoms. The molecule has 0 aliphatic carbocycles. The summed E-state index contributed by atoms with van der Waals surface area (Å²) in [5, 5.41) is 23.0. The topological polar surface area (TPSA) is 84.0 Å². The highest BCUT2D eigenvalue weighted by molar-refractivity contribution is 7.71. The molecule has 33 heavy (non-hydrogen) atoms. The predicted octanol–water partition coefficient (Wildman–Crippen LogP) is 3.87. The number of para-hydroxylation sites is 1. The van der Waals surface area contributed by atoms with Gasteiger partial charge in [0.05, 0.1) is 50.9 Å². The van der Waals surface area contributed by atoms with Crippen LogP contribution in [0.4, 0.5) is 0 Å². The number of hydrogen-bond acceptors (Lipinski definition) is 5. The molecule has 0 radical (unpaired) electrons. The third-order valence-electron chi connectivity index (χ3n) is 5.54. The number of nitrogens with one attached hydrogen (secondary N) is 1. The van der Waals surface area contributed by atoms with E-state index in [1.165, 1.54) is 5.56 Å². The molecule has 170 valence electrons. The monoisotopic (exact) mass is 461 g/mol. The minimum atomic E-state index is 0.309. The predicted molar refractivity (Wildman–Crippen MR) is 130 cm³/mol. The molecule has 0 saturated heterocycles. The molecule has 3 rings (SSSR count). The van der Waals surface area contributed by atoms with Gasteiger partial charge in [0.25, 0.3) is 0 Å². The Morgan fingerprint density at radius 2 is 1.67 bits per heavy atom. The van der Waals surface area contributed by atoms with E-state index in [4.69, 9.17) is 32.6 Å². The lowest BCUT2D eigenvalue weighted by molar-refractivity contribution is -0.922. The maximum Gasteiger partial charge on any atom is 0.207 e. The zero-order chi connectivity index (χ0) is 23.8. The number of nitrogens with zero attached hydrogens (tertiary/aromatic N) is 5. The van der Waals surface area contributed by atoms with Crippen LogP contribution in [-0.4, -0.2) is 34.5 Å². The van der Waals surface area contributed by atoms with Crippen LogP contribution in [0.5, 0.6) is 5.75 Å². The summed E-state index contributed by atoms with van der Waals surface area (Å²) < 4.78 is 9.74. The van der Waals surface area contributed by atoms with E-state index in [2.05, 4.69) is 38.1 Å². The van der Waals surface area contributed by atoms with Gasteiger partial charge in [-0.15, -0.1) is 5.10 Å². The summed E-state index contributed by atoms with van der Waals surface area (Å²) >= 11 is 5.93. The minimum absolute atomic E-state index is 0.309. The first-order valence-electron chi connectivity index (χ1n) is 11.0. The molecule has 2 aromatic carbocycles. The third kappa shape index (κ3) is 5.67. The zero-order valence-electron chi connectivity index (χ0n) is 19.3. The van der Waals surface area contributed by atoms with Gasteiger partial charge in [-0.1, -0.05) is 32.0 Å². The van der Waals surface area contributed by atoms with Crippen molar-refractivity contribution in [3.8, 4) is 35.0 Å². The maximum atomic E-state index is 9.05. The van der Waals surface area contributed by atoms with E-state index in [0.29, 0.717) is 43.3 Å². The third-order valence-corrected chi connectivity index (χ3v) is 5.93. The fourth-order valence-corrected chi connectivity index (χ4v) is 4.08. The number of aromatic nitrogens is 3. The van der Waals surface area contributed by atoms with Crippen molar-refractivity contribution in [1.29, 1.82) is 10.5 Å². The van der Waals surface area contributed by atoms with Crippen molar-refractivity contribution < 1.29 is 9.64 Å². The summed E-state index contributed by atoms with van der Waals surface area (Å²) in [5.41, 5.74) is 3.11. The lowest BCUT2D eigenvalue weighted by atomic mass is 10.0. The standard InChI is InChI=1S/C25H28N6OS/c1-19(2)22-8-4-5-9-23(22)31-24(20-10-12-21(32-3)13-11-20)28-30(25(31)33)18-29(16-6-14-26)17-7-15-27/h4-5,8-13,19H,6-7,16-18H2,1-3H3/p+1. The van der Waals surface area contributed by atoms with Gasteiger partial charge in [-0.05, 0) is 54.0 Å². The summed E-state index contributed by atoms with van der Waals surface area (Å²) in [6, 6.07) is 20.4. The Labute approximate surface area is 200 Å². The van der Waals surface area contributed by atoms with Gasteiger partial charge in [0.1, 0.15) is 5.75 Å². The summed E-state index contributed by atoms with van der Waals surface area (Å²) in [6.45, 7) is 6.08. The number of nitriles is 2. The summed E-state index contributed by atoms with van der Waals surface area (Å²) in [6.07, 6.45) is 0.826. The molecule has 7 nitrogen and oxygen atoms in total. The van der Waals surface area contributed by atoms with Crippen molar-refractivity contribution in [2.24, 2.45) is 0 Å². The molecule has 8 heteroatoms. The first-order valence-corrected chi connectivity index (χ1v) is 11.4. The second kappa shape index (κ2) is 11.4. The molecular weight excluding hydrogens is 432 g/mol. The van der Waals surface area contributed by atoms with Gasteiger partial charge in [-0.3, -0.25) is 4.57 Å². The SMILES string of the molecule is COc1ccc(-c2nn(C[NH+](CCC#N)CCC#N)c(=S)n2-c2ccccc2C(C)C)cc1. The molecule has 0 amide bonds. The quantitative estimate of drug-likeness (QED) is 0.463. The van der Waals surface area contributed by atoms with E-state index in [1.807, 2.05) is 45.6 Å². The molecule has 0 atom stereocenters. The Bertz CT molecular complexity index is 1200.